The number of nitriles is 1. The van der Waals surface area contributed by atoms with E-state index in [0.717, 1.165) is 0 Å². The van der Waals surface area contributed by atoms with E-state index in [1.54, 1.807) is 54.4 Å². The van der Waals surface area contributed by atoms with Crippen LogP contribution in [0, 0.1) is 17.2 Å². The number of amides is 1. The maximum atomic E-state index is 12.8. The normalized spacial score (nSPS) is 15.7. The highest BCUT2D eigenvalue weighted by Gasteiger charge is 2.30. The van der Waals surface area contributed by atoms with Crippen molar-refractivity contribution in [2.75, 3.05) is 13.1 Å². The van der Waals surface area contributed by atoms with Gasteiger partial charge in [0.25, 0.3) is 0 Å². The van der Waals surface area contributed by atoms with Crippen LogP contribution in [-0.4, -0.2) is 46.7 Å². The Kier molecular flexibility index (Phi) is 8.88. The molecular formula is C26H29N3O5. The van der Waals surface area contributed by atoms with E-state index in [2.05, 4.69) is 4.98 Å². The zero-order valence-electron chi connectivity index (χ0n) is 19.5. The van der Waals surface area contributed by atoms with Crippen LogP contribution in [0.1, 0.15) is 67.1 Å². The summed E-state index contributed by atoms with van der Waals surface area (Å²) >= 11 is 0. The van der Waals surface area contributed by atoms with E-state index in [1.807, 2.05) is 19.1 Å². The number of nitrogens with zero attached hydrogens (tertiary/aromatic N) is 3. The molecule has 2 atom stereocenters. The number of likely N-dealkylation sites (tertiary alicyclic amines) is 1. The van der Waals surface area contributed by atoms with Gasteiger partial charge in [-0.05, 0) is 43.5 Å². The molecule has 2 unspecified atom stereocenters. The number of ketones is 1. The standard InChI is InChI=1S/C26H29N3O5/c1-3-22(23-6-4-5-13-28-23)26(32)34-33-21-11-14-29(15-12-21)25(31)18(2)16-24(30)20-9-7-19(17-27)8-10-20/h4-10,13,18,21-22H,3,11-12,14-16H2,1-2H3. The summed E-state index contributed by atoms with van der Waals surface area (Å²) in [5.41, 5.74) is 1.62. The number of benzene rings is 1. The van der Waals surface area contributed by atoms with Crippen LogP contribution >= 0.6 is 0 Å². The van der Waals surface area contributed by atoms with Crippen LogP contribution in [0.15, 0.2) is 48.7 Å². The van der Waals surface area contributed by atoms with Gasteiger partial charge in [-0.3, -0.25) is 19.5 Å². The Morgan fingerprint density at radius 3 is 2.44 bits per heavy atom. The fourth-order valence-electron chi connectivity index (χ4n) is 3.95. The Morgan fingerprint density at radius 2 is 1.85 bits per heavy atom. The van der Waals surface area contributed by atoms with E-state index < -0.39 is 17.8 Å². The summed E-state index contributed by atoms with van der Waals surface area (Å²) in [7, 11) is 0. The molecule has 2 aromatic rings. The maximum Gasteiger partial charge on any atom is 0.351 e. The Bertz CT molecular complexity index is 1020. The lowest BCUT2D eigenvalue weighted by molar-refractivity contribution is -0.304. The van der Waals surface area contributed by atoms with Gasteiger partial charge in [0.15, 0.2) is 5.78 Å². The summed E-state index contributed by atoms with van der Waals surface area (Å²) in [6.45, 7) is 4.57. The molecule has 0 radical (unpaired) electrons. The van der Waals surface area contributed by atoms with Crippen molar-refractivity contribution in [2.45, 2.75) is 51.6 Å². The summed E-state index contributed by atoms with van der Waals surface area (Å²) in [5.74, 6) is -1.64. The molecule has 0 aliphatic carbocycles. The van der Waals surface area contributed by atoms with Gasteiger partial charge in [0.05, 0.1) is 17.3 Å². The molecule has 1 aromatic carbocycles. The predicted octanol–water partition coefficient (Wildman–Crippen LogP) is 3.82. The first-order valence-electron chi connectivity index (χ1n) is 11.5. The number of Topliss-reactive ketones (excluding diaryl/α,β-unsaturated/α-hetero) is 1. The highest BCUT2D eigenvalue weighted by atomic mass is 17.2. The molecule has 1 amide bonds. The van der Waals surface area contributed by atoms with Crippen molar-refractivity contribution in [3.63, 3.8) is 0 Å². The molecule has 178 valence electrons. The Hall–Kier alpha value is -3.57. The zero-order chi connectivity index (χ0) is 24.5. The molecule has 1 aliphatic rings. The summed E-state index contributed by atoms with van der Waals surface area (Å²) in [4.78, 5) is 54.2. The first kappa shape index (κ1) is 25.1. The Balaban J connectivity index is 1.43. The van der Waals surface area contributed by atoms with Crippen molar-refractivity contribution < 1.29 is 24.2 Å². The van der Waals surface area contributed by atoms with Gasteiger partial charge < -0.3 is 4.90 Å². The van der Waals surface area contributed by atoms with Crippen molar-refractivity contribution in [1.29, 1.82) is 5.26 Å². The molecule has 2 heterocycles. The third-order valence-corrected chi connectivity index (χ3v) is 6.01. The van der Waals surface area contributed by atoms with Crippen LogP contribution in [0.3, 0.4) is 0 Å². The van der Waals surface area contributed by atoms with Crippen molar-refractivity contribution in [3.8, 4) is 6.07 Å². The molecule has 3 rings (SSSR count). The predicted molar refractivity (Wildman–Crippen MR) is 123 cm³/mol. The fraction of sp³-hybridized carbons (Fsp3) is 0.423. The highest BCUT2D eigenvalue weighted by Crippen LogP contribution is 2.22. The van der Waals surface area contributed by atoms with E-state index in [0.29, 0.717) is 49.2 Å². The molecule has 1 aliphatic heterocycles. The minimum atomic E-state index is -0.489. The lowest BCUT2D eigenvalue weighted by atomic mass is 9.97. The van der Waals surface area contributed by atoms with Crippen LogP contribution in [0.25, 0.3) is 0 Å². The van der Waals surface area contributed by atoms with Gasteiger partial charge in [-0.25, -0.2) is 4.79 Å². The average molecular weight is 464 g/mol. The number of carbonyl (C=O) groups is 3. The van der Waals surface area contributed by atoms with Crippen molar-refractivity contribution in [3.05, 3.63) is 65.5 Å². The van der Waals surface area contributed by atoms with Crippen LogP contribution < -0.4 is 0 Å². The number of piperidine rings is 1. The second-order valence-corrected chi connectivity index (χ2v) is 8.46. The van der Waals surface area contributed by atoms with Gasteiger partial charge in [-0.15, -0.1) is 0 Å². The Morgan fingerprint density at radius 1 is 1.15 bits per heavy atom. The van der Waals surface area contributed by atoms with E-state index in [4.69, 9.17) is 15.0 Å². The zero-order valence-corrected chi connectivity index (χ0v) is 19.5. The Labute approximate surface area is 199 Å². The number of carbonyl (C=O) groups excluding carboxylic acids is 3. The van der Waals surface area contributed by atoms with Gasteiger partial charge >= 0.3 is 5.97 Å². The lowest BCUT2D eigenvalue weighted by Gasteiger charge is -2.32. The van der Waals surface area contributed by atoms with E-state index in [-0.39, 0.29) is 24.2 Å². The van der Waals surface area contributed by atoms with Gasteiger partial charge in [-0.2, -0.15) is 10.1 Å². The van der Waals surface area contributed by atoms with Crippen LogP contribution in [0.2, 0.25) is 0 Å². The van der Waals surface area contributed by atoms with E-state index in [9.17, 15) is 14.4 Å². The minimum absolute atomic E-state index is 0.0846. The third-order valence-electron chi connectivity index (χ3n) is 6.01. The maximum absolute atomic E-state index is 12.8. The second-order valence-electron chi connectivity index (χ2n) is 8.46. The second kappa shape index (κ2) is 12.1. The number of aromatic nitrogens is 1. The smallest absolute Gasteiger partial charge is 0.342 e. The molecule has 0 N–H and O–H groups in total. The van der Waals surface area contributed by atoms with Crippen molar-refractivity contribution in [1.82, 2.24) is 9.88 Å². The fourth-order valence-corrected chi connectivity index (χ4v) is 3.95. The van der Waals surface area contributed by atoms with Crippen LogP contribution in [0.5, 0.6) is 0 Å². The molecule has 0 spiro atoms. The third kappa shape index (κ3) is 6.49. The SMILES string of the molecule is CCC(C(=O)OOC1CCN(C(=O)C(C)CC(=O)c2ccc(C#N)cc2)CC1)c1ccccn1. The highest BCUT2D eigenvalue weighted by molar-refractivity contribution is 5.98. The topological polar surface area (TPSA) is 110 Å². The van der Waals surface area contributed by atoms with Crippen LogP contribution in [-0.2, 0) is 19.4 Å². The number of pyridine rings is 1. The van der Waals surface area contributed by atoms with Gasteiger partial charge in [0, 0.05) is 37.2 Å². The van der Waals surface area contributed by atoms with Gasteiger partial charge in [0.2, 0.25) is 5.91 Å². The summed E-state index contributed by atoms with van der Waals surface area (Å²) in [6, 6.07) is 13.8. The molecule has 0 bridgehead atoms. The molecule has 1 saturated heterocycles. The number of hydrogen-bond acceptors (Lipinski definition) is 7. The molecule has 1 fully saturated rings. The lowest BCUT2D eigenvalue weighted by Crippen LogP contribution is -2.43. The average Bonchev–Trinajstić information content (AvgIpc) is 2.88. The molecular weight excluding hydrogens is 434 g/mol. The van der Waals surface area contributed by atoms with Crippen molar-refractivity contribution in [2.24, 2.45) is 5.92 Å². The quantitative estimate of drug-likeness (QED) is 0.316. The molecule has 8 nitrogen and oxygen atoms in total. The van der Waals surface area contributed by atoms with E-state index >= 15 is 0 Å². The van der Waals surface area contributed by atoms with E-state index in [1.165, 1.54) is 0 Å². The largest absolute Gasteiger partial charge is 0.351 e. The van der Waals surface area contributed by atoms with Gasteiger partial charge in [0.1, 0.15) is 12.0 Å². The summed E-state index contributed by atoms with van der Waals surface area (Å²) < 4.78 is 0. The van der Waals surface area contributed by atoms with Crippen molar-refractivity contribution >= 4 is 17.7 Å². The first-order valence-corrected chi connectivity index (χ1v) is 11.5. The summed E-state index contributed by atoms with van der Waals surface area (Å²) in [5, 5.41) is 8.87. The minimum Gasteiger partial charge on any atom is -0.342 e. The first-order chi connectivity index (χ1) is 16.4. The monoisotopic (exact) mass is 463 g/mol. The molecule has 1 aromatic heterocycles. The van der Waals surface area contributed by atoms with Gasteiger partial charge in [-0.1, -0.05) is 32.0 Å². The molecule has 34 heavy (non-hydrogen) atoms. The molecule has 8 heteroatoms. The van der Waals surface area contributed by atoms with Crippen LogP contribution in [0.4, 0.5) is 0 Å². The number of rotatable bonds is 9. The summed E-state index contributed by atoms with van der Waals surface area (Å²) in [6.07, 6.45) is 3.07. The number of hydrogen-bond donors (Lipinski definition) is 0. The molecule has 0 saturated carbocycles.